The van der Waals surface area contributed by atoms with Crippen LogP contribution in [0.2, 0.25) is 0 Å². The molecule has 100 valence electrons. The number of anilines is 1. The molecule has 1 aromatic carbocycles. The second-order valence-electron chi connectivity index (χ2n) is 5.08. The average Bonchev–Trinajstić information content (AvgIpc) is 2.66. The number of ether oxygens (including phenoxy) is 1. The molecule has 3 heteroatoms. The van der Waals surface area contributed by atoms with Gasteiger partial charge in [-0.2, -0.15) is 0 Å². The highest BCUT2D eigenvalue weighted by molar-refractivity contribution is 5.49. The third kappa shape index (κ3) is 3.62. The fourth-order valence-electron chi connectivity index (χ4n) is 2.59. The smallest absolute Gasteiger partial charge is 0.146 e. The van der Waals surface area contributed by atoms with Crippen molar-refractivity contribution >= 4 is 5.69 Å². The molecule has 0 radical (unpaired) electrons. The Balaban J connectivity index is 1.92. The van der Waals surface area contributed by atoms with Crippen molar-refractivity contribution in [1.82, 2.24) is 0 Å². The first-order valence-electron chi connectivity index (χ1n) is 6.87. The van der Waals surface area contributed by atoms with Crippen LogP contribution in [0.15, 0.2) is 18.2 Å². The number of hydrogen-bond acceptors (Lipinski definition) is 2. The van der Waals surface area contributed by atoms with Crippen molar-refractivity contribution in [3.63, 3.8) is 0 Å². The normalized spacial score (nSPS) is 17.2. The van der Waals surface area contributed by atoms with E-state index in [0.717, 1.165) is 6.54 Å². The van der Waals surface area contributed by atoms with Gasteiger partial charge in [0.15, 0.2) is 0 Å². The minimum absolute atomic E-state index is 0.204. The van der Waals surface area contributed by atoms with Crippen LogP contribution in [0.4, 0.5) is 10.1 Å². The Bertz CT molecular complexity index is 373. The molecule has 0 aromatic heterocycles. The van der Waals surface area contributed by atoms with E-state index in [2.05, 4.69) is 5.32 Å². The average molecular weight is 251 g/mol. The van der Waals surface area contributed by atoms with Gasteiger partial charge in [0.1, 0.15) is 11.6 Å². The highest BCUT2D eigenvalue weighted by Gasteiger charge is 2.13. The van der Waals surface area contributed by atoms with E-state index in [1.165, 1.54) is 44.6 Å². The summed E-state index contributed by atoms with van der Waals surface area (Å²) in [6.45, 7) is 0.865. The lowest BCUT2D eigenvalue weighted by Crippen LogP contribution is -2.14. The van der Waals surface area contributed by atoms with Crippen LogP contribution >= 0.6 is 0 Å². The Hall–Kier alpha value is -1.25. The van der Waals surface area contributed by atoms with Crippen LogP contribution in [0.5, 0.6) is 5.75 Å². The molecule has 0 saturated heterocycles. The van der Waals surface area contributed by atoms with E-state index in [1.54, 1.807) is 19.2 Å². The molecule has 1 fully saturated rings. The van der Waals surface area contributed by atoms with Crippen LogP contribution in [0, 0.1) is 11.7 Å². The quantitative estimate of drug-likeness (QED) is 0.809. The van der Waals surface area contributed by atoms with Gasteiger partial charge in [-0.3, -0.25) is 0 Å². The van der Waals surface area contributed by atoms with Gasteiger partial charge >= 0.3 is 0 Å². The fraction of sp³-hybridized carbons (Fsp3) is 0.600. The fourth-order valence-corrected chi connectivity index (χ4v) is 2.59. The van der Waals surface area contributed by atoms with Crippen molar-refractivity contribution in [2.24, 2.45) is 5.92 Å². The van der Waals surface area contributed by atoms with Crippen LogP contribution in [0.3, 0.4) is 0 Å². The van der Waals surface area contributed by atoms with E-state index >= 15 is 0 Å². The van der Waals surface area contributed by atoms with Gasteiger partial charge in [0.25, 0.3) is 0 Å². The van der Waals surface area contributed by atoms with E-state index in [0.29, 0.717) is 17.4 Å². The van der Waals surface area contributed by atoms with Gasteiger partial charge < -0.3 is 10.1 Å². The molecule has 0 heterocycles. The molecule has 1 aromatic rings. The zero-order valence-corrected chi connectivity index (χ0v) is 11.0. The summed E-state index contributed by atoms with van der Waals surface area (Å²) in [7, 11) is 1.60. The number of halogens is 1. The summed E-state index contributed by atoms with van der Waals surface area (Å²) >= 11 is 0. The van der Waals surface area contributed by atoms with Crippen LogP contribution in [-0.2, 0) is 0 Å². The van der Waals surface area contributed by atoms with Crippen molar-refractivity contribution in [2.75, 3.05) is 19.0 Å². The molecular formula is C15H22FNO. The first-order valence-corrected chi connectivity index (χ1v) is 6.87. The van der Waals surface area contributed by atoms with Crippen molar-refractivity contribution < 1.29 is 9.13 Å². The second-order valence-corrected chi connectivity index (χ2v) is 5.08. The molecule has 1 aliphatic carbocycles. The Kier molecular flexibility index (Phi) is 4.85. The van der Waals surface area contributed by atoms with Crippen LogP contribution in [0.1, 0.15) is 38.5 Å². The maximum absolute atomic E-state index is 13.6. The third-order valence-corrected chi connectivity index (χ3v) is 3.73. The lowest BCUT2D eigenvalue weighted by Gasteiger charge is -2.16. The summed E-state index contributed by atoms with van der Waals surface area (Å²) in [5.74, 6) is 1.17. The van der Waals surface area contributed by atoms with Gasteiger partial charge in [0, 0.05) is 12.6 Å². The zero-order valence-electron chi connectivity index (χ0n) is 11.0. The predicted molar refractivity (Wildman–Crippen MR) is 72.6 cm³/mol. The predicted octanol–water partition coefficient (Wildman–Crippen LogP) is 4.22. The minimum atomic E-state index is -0.204. The van der Waals surface area contributed by atoms with Gasteiger partial charge in [-0.25, -0.2) is 4.39 Å². The zero-order chi connectivity index (χ0) is 12.8. The lowest BCUT2D eigenvalue weighted by molar-refractivity contribution is 0.414. The molecule has 2 nitrogen and oxygen atoms in total. The summed E-state index contributed by atoms with van der Waals surface area (Å²) in [5.41, 5.74) is 0.554. The highest BCUT2D eigenvalue weighted by atomic mass is 19.1. The third-order valence-electron chi connectivity index (χ3n) is 3.73. The van der Waals surface area contributed by atoms with Crippen LogP contribution in [0.25, 0.3) is 0 Å². The minimum Gasteiger partial charge on any atom is -0.497 e. The van der Waals surface area contributed by atoms with Crippen LogP contribution in [-0.4, -0.2) is 13.7 Å². The first-order chi connectivity index (χ1) is 8.79. The van der Waals surface area contributed by atoms with Gasteiger partial charge in [0.05, 0.1) is 12.8 Å². The maximum atomic E-state index is 13.6. The molecule has 1 saturated carbocycles. The van der Waals surface area contributed by atoms with E-state index in [4.69, 9.17) is 4.74 Å². The second kappa shape index (κ2) is 6.62. The molecule has 1 aliphatic rings. The monoisotopic (exact) mass is 251 g/mol. The summed E-state index contributed by atoms with van der Waals surface area (Å²) in [6.07, 6.45) is 7.85. The number of methoxy groups -OCH3 is 1. The van der Waals surface area contributed by atoms with Crippen LogP contribution < -0.4 is 10.1 Å². The standard InChI is InChI=1S/C15H22FNO/c1-18-13-8-9-14(16)15(10-13)17-11-12-6-4-2-3-5-7-12/h8-10,12,17H,2-7,11H2,1H3. The molecule has 18 heavy (non-hydrogen) atoms. The summed E-state index contributed by atoms with van der Waals surface area (Å²) in [5, 5.41) is 3.23. The SMILES string of the molecule is COc1ccc(F)c(NCC2CCCCCC2)c1. The van der Waals surface area contributed by atoms with E-state index in [9.17, 15) is 4.39 Å². The van der Waals surface area contributed by atoms with Crippen molar-refractivity contribution in [3.8, 4) is 5.75 Å². The molecule has 0 bridgehead atoms. The van der Waals surface area contributed by atoms with Crippen molar-refractivity contribution in [2.45, 2.75) is 38.5 Å². The molecule has 0 aliphatic heterocycles. The molecule has 2 rings (SSSR count). The lowest BCUT2D eigenvalue weighted by atomic mass is 10.0. The van der Waals surface area contributed by atoms with Crippen molar-refractivity contribution in [3.05, 3.63) is 24.0 Å². The van der Waals surface area contributed by atoms with Crippen molar-refractivity contribution in [1.29, 1.82) is 0 Å². The number of benzene rings is 1. The largest absolute Gasteiger partial charge is 0.497 e. The van der Waals surface area contributed by atoms with E-state index in [1.807, 2.05) is 0 Å². The molecule has 0 amide bonds. The molecule has 0 unspecified atom stereocenters. The first kappa shape index (κ1) is 13.2. The number of nitrogens with one attached hydrogen (secondary N) is 1. The van der Waals surface area contributed by atoms with E-state index in [-0.39, 0.29) is 5.82 Å². The summed E-state index contributed by atoms with van der Waals surface area (Å²) < 4.78 is 18.7. The Morgan fingerprint density at radius 1 is 1.22 bits per heavy atom. The van der Waals surface area contributed by atoms with E-state index < -0.39 is 0 Å². The molecule has 0 atom stereocenters. The molecule has 0 spiro atoms. The Morgan fingerprint density at radius 2 is 1.94 bits per heavy atom. The van der Waals surface area contributed by atoms with Gasteiger partial charge in [-0.1, -0.05) is 25.7 Å². The summed E-state index contributed by atoms with van der Waals surface area (Å²) in [4.78, 5) is 0. The molecular weight excluding hydrogens is 229 g/mol. The highest BCUT2D eigenvalue weighted by Crippen LogP contribution is 2.25. The van der Waals surface area contributed by atoms with Gasteiger partial charge in [-0.15, -0.1) is 0 Å². The maximum Gasteiger partial charge on any atom is 0.146 e. The Labute approximate surface area is 109 Å². The topological polar surface area (TPSA) is 21.3 Å². The van der Waals surface area contributed by atoms with Gasteiger partial charge in [-0.05, 0) is 30.9 Å². The van der Waals surface area contributed by atoms with Gasteiger partial charge in [0.2, 0.25) is 0 Å². The Morgan fingerprint density at radius 3 is 2.61 bits per heavy atom. The number of rotatable bonds is 4. The number of hydrogen-bond donors (Lipinski definition) is 1. The summed E-state index contributed by atoms with van der Waals surface area (Å²) in [6, 6.07) is 4.83. The molecule has 1 N–H and O–H groups in total.